The zero-order chi connectivity index (χ0) is 22.6. The molecule has 2 aromatic carbocycles. The van der Waals surface area contributed by atoms with Gasteiger partial charge in [-0.2, -0.15) is 0 Å². The number of fused-ring (bicyclic) bond motifs is 4. The van der Waals surface area contributed by atoms with Crippen LogP contribution in [0.3, 0.4) is 0 Å². The summed E-state index contributed by atoms with van der Waals surface area (Å²) >= 11 is 0. The minimum atomic E-state index is -1.23. The van der Waals surface area contributed by atoms with E-state index in [0.717, 1.165) is 11.1 Å². The number of nitrogens with one attached hydrogen (secondary N) is 2. The Kier molecular flexibility index (Phi) is 4.82. The molecule has 32 heavy (non-hydrogen) atoms. The second kappa shape index (κ2) is 7.45. The van der Waals surface area contributed by atoms with Gasteiger partial charge in [-0.25, -0.2) is 0 Å². The van der Waals surface area contributed by atoms with E-state index in [0.29, 0.717) is 23.8 Å². The molecule has 2 saturated heterocycles. The van der Waals surface area contributed by atoms with E-state index in [2.05, 4.69) is 24.5 Å². The number of methoxy groups -OCH3 is 1. The van der Waals surface area contributed by atoms with Crippen molar-refractivity contribution in [1.29, 1.82) is 0 Å². The normalized spacial score (nSPS) is 28.4. The summed E-state index contributed by atoms with van der Waals surface area (Å²) in [6, 6.07) is 14.5. The number of ether oxygens (including phenoxy) is 1. The van der Waals surface area contributed by atoms with Gasteiger partial charge in [0, 0.05) is 22.9 Å². The van der Waals surface area contributed by atoms with Gasteiger partial charge in [-0.05, 0) is 24.5 Å². The number of carbonyl (C=O) groups is 3. The quantitative estimate of drug-likeness (QED) is 0.708. The van der Waals surface area contributed by atoms with Gasteiger partial charge in [0.25, 0.3) is 0 Å². The Hall–Kier alpha value is -3.19. The van der Waals surface area contributed by atoms with Gasteiger partial charge in [-0.15, -0.1) is 0 Å². The molecule has 3 aliphatic heterocycles. The van der Waals surface area contributed by atoms with Crippen LogP contribution in [-0.4, -0.2) is 35.8 Å². The van der Waals surface area contributed by atoms with Crippen molar-refractivity contribution < 1.29 is 19.1 Å². The highest BCUT2D eigenvalue weighted by Crippen LogP contribution is 2.53. The summed E-state index contributed by atoms with van der Waals surface area (Å²) in [7, 11) is 1.57. The highest BCUT2D eigenvalue weighted by molar-refractivity contribution is 6.15. The minimum Gasteiger partial charge on any atom is -0.496 e. The molecule has 0 unspecified atom stereocenters. The Morgan fingerprint density at radius 1 is 1.03 bits per heavy atom. The van der Waals surface area contributed by atoms with Gasteiger partial charge in [-0.1, -0.05) is 50.2 Å². The monoisotopic (exact) mass is 433 g/mol. The molecule has 0 aliphatic carbocycles. The maximum Gasteiger partial charge on any atom is 0.250 e. The number of carbonyl (C=O) groups excluding carboxylic acids is 3. The summed E-state index contributed by atoms with van der Waals surface area (Å²) in [6.07, 6.45) is 0.694. The Balaban J connectivity index is 1.59. The van der Waals surface area contributed by atoms with Crippen LogP contribution in [0.25, 0.3) is 0 Å². The predicted octanol–water partition coefficient (Wildman–Crippen LogP) is 2.66. The zero-order valence-corrected chi connectivity index (χ0v) is 18.4. The molecular weight excluding hydrogens is 406 g/mol. The molecule has 3 amide bonds. The molecule has 2 N–H and O–H groups in total. The lowest BCUT2D eigenvalue weighted by molar-refractivity contribution is -0.143. The van der Waals surface area contributed by atoms with E-state index in [1.165, 1.54) is 4.90 Å². The molecule has 5 rings (SSSR count). The van der Waals surface area contributed by atoms with E-state index in [1.807, 2.05) is 48.5 Å². The summed E-state index contributed by atoms with van der Waals surface area (Å²) in [6.45, 7) is 4.29. The average molecular weight is 434 g/mol. The molecule has 3 heterocycles. The topological polar surface area (TPSA) is 87.7 Å². The Morgan fingerprint density at radius 2 is 1.75 bits per heavy atom. The number of para-hydroxylation sites is 2. The van der Waals surface area contributed by atoms with Gasteiger partial charge >= 0.3 is 0 Å². The molecule has 0 saturated carbocycles. The summed E-state index contributed by atoms with van der Waals surface area (Å²) in [5, 5.41) is 6.40. The number of amides is 3. The smallest absolute Gasteiger partial charge is 0.250 e. The number of nitrogens with zero attached hydrogens (tertiary/aromatic N) is 1. The van der Waals surface area contributed by atoms with Crippen LogP contribution in [0.4, 0.5) is 5.69 Å². The van der Waals surface area contributed by atoms with Crippen molar-refractivity contribution in [2.75, 3.05) is 12.4 Å². The van der Waals surface area contributed by atoms with Crippen molar-refractivity contribution in [1.82, 2.24) is 10.2 Å². The van der Waals surface area contributed by atoms with Gasteiger partial charge in [0.15, 0.2) is 0 Å². The van der Waals surface area contributed by atoms with Crippen LogP contribution in [0, 0.1) is 17.8 Å². The summed E-state index contributed by atoms with van der Waals surface area (Å²) in [5.74, 6) is -1.24. The molecular formula is C25H27N3O4. The summed E-state index contributed by atoms with van der Waals surface area (Å²) in [5.41, 5.74) is 0.961. The fourth-order valence-corrected chi connectivity index (χ4v) is 5.69. The number of imide groups is 1. The van der Waals surface area contributed by atoms with Crippen LogP contribution in [-0.2, 0) is 26.5 Å². The third-order valence-corrected chi connectivity index (χ3v) is 6.96. The maximum atomic E-state index is 13.8. The lowest BCUT2D eigenvalue weighted by Crippen LogP contribution is -2.53. The van der Waals surface area contributed by atoms with Crippen LogP contribution in [0.1, 0.15) is 31.4 Å². The summed E-state index contributed by atoms with van der Waals surface area (Å²) in [4.78, 5) is 42.1. The van der Waals surface area contributed by atoms with Crippen molar-refractivity contribution in [2.45, 2.75) is 38.4 Å². The van der Waals surface area contributed by atoms with Crippen molar-refractivity contribution in [3.8, 4) is 5.75 Å². The molecule has 7 nitrogen and oxygen atoms in total. The third-order valence-electron chi connectivity index (χ3n) is 6.96. The molecule has 7 heteroatoms. The van der Waals surface area contributed by atoms with Gasteiger partial charge < -0.3 is 10.1 Å². The van der Waals surface area contributed by atoms with E-state index >= 15 is 0 Å². The molecule has 2 fully saturated rings. The van der Waals surface area contributed by atoms with Crippen molar-refractivity contribution in [2.24, 2.45) is 17.8 Å². The van der Waals surface area contributed by atoms with E-state index in [-0.39, 0.29) is 30.3 Å². The van der Waals surface area contributed by atoms with Gasteiger partial charge in [0.05, 0.1) is 25.5 Å². The molecule has 0 aromatic heterocycles. The number of rotatable bonds is 5. The molecule has 1 spiro atoms. The molecule has 4 atom stereocenters. The fraction of sp³-hybridized carbons (Fsp3) is 0.400. The van der Waals surface area contributed by atoms with Crippen LogP contribution in [0.15, 0.2) is 48.5 Å². The first-order valence-electron chi connectivity index (χ1n) is 11.0. The van der Waals surface area contributed by atoms with E-state index in [1.54, 1.807) is 7.11 Å². The van der Waals surface area contributed by atoms with E-state index in [4.69, 9.17) is 4.74 Å². The third kappa shape index (κ3) is 2.80. The van der Waals surface area contributed by atoms with Crippen molar-refractivity contribution in [3.05, 3.63) is 59.7 Å². The number of hydrogen-bond donors (Lipinski definition) is 2. The lowest BCUT2D eigenvalue weighted by atomic mass is 9.76. The van der Waals surface area contributed by atoms with Crippen molar-refractivity contribution in [3.63, 3.8) is 0 Å². The Labute approximate surface area is 187 Å². The number of benzene rings is 2. The summed E-state index contributed by atoms with van der Waals surface area (Å²) < 4.78 is 5.42. The first kappa shape index (κ1) is 20.7. The highest BCUT2D eigenvalue weighted by Gasteiger charge is 2.70. The van der Waals surface area contributed by atoms with E-state index in [9.17, 15) is 14.4 Å². The number of anilines is 1. The standard InChI is InChI=1S/C25H27N3O4/c1-14(2)12-18-20-21(25(27-18)16-9-5-6-10-17(16)26-24(25)31)23(30)28(22(20)29)13-15-8-4-7-11-19(15)32-3/h4-11,14,18,20-21,27H,12-13H2,1-3H3,(H,26,31)/t18-,20-,21-,25-/m0/s1. The first-order chi connectivity index (χ1) is 15.4. The lowest BCUT2D eigenvalue weighted by Gasteiger charge is -2.30. The van der Waals surface area contributed by atoms with Gasteiger partial charge in [0.2, 0.25) is 17.7 Å². The maximum absolute atomic E-state index is 13.8. The predicted molar refractivity (Wildman–Crippen MR) is 119 cm³/mol. The highest BCUT2D eigenvalue weighted by atomic mass is 16.5. The zero-order valence-electron chi connectivity index (χ0n) is 18.4. The van der Waals surface area contributed by atoms with Gasteiger partial charge in [0.1, 0.15) is 11.3 Å². The molecule has 166 valence electrons. The molecule has 3 aliphatic rings. The number of likely N-dealkylation sites (tertiary alicyclic amines) is 1. The minimum absolute atomic E-state index is 0.127. The van der Waals surface area contributed by atoms with Gasteiger partial charge in [-0.3, -0.25) is 24.6 Å². The first-order valence-corrected chi connectivity index (χ1v) is 11.0. The molecule has 2 aromatic rings. The van der Waals surface area contributed by atoms with Crippen LogP contribution >= 0.6 is 0 Å². The Morgan fingerprint density at radius 3 is 2.50 bits per heavy atom. The second-order valence-electron chi connectivity index (χ2n) is 9.27. The van der Waals surface area contributed by atoms with Crippen LogP contribution < -0.4 is 15.4 Å². The molecule has 0 radical (unpaired) electrons. The van der Waals surface area contributed by atoms with E-state index < -0.39 is 17.4 Å². The number of hydrogen-bond acceptors (Lipinski definition) is 5. The fourth-order valence-electron chi connectivity index (χ4n) is 5.69. The van der Waals surface area contributed by atoms with Crippen LogP contribution in [0.2, 0.25) is 0 Å². The SMILES string of the molecule is COc1ccccc1CN1C(=O)[C@H]2[C@H](CC(C)C)N[C@]3(C(=O)Nc4ccccc43)[C@@H]2C1=O. The van der Waals surface area contributed by atoms with Crippen molar-refractivity contribution >= 4 is 23.4 Å². The Bertz CT molecular complexity index is 1110. The largest absolute Gasteiger partial charge is 0.496 e. The second-order valence-corrected chi connectivity index (χ2v) is 9.27. The molecule has 0 bridgehead atoms. The average Bonchev–Trinajstić information content (AvgIpc) is 3.34. The van der Waals surface area contributed by atoms with Crippen LogP contribution in [0.5, 0.6) is 5.75 Å².